The Bertz CT molecular complexity index is 487. The Morgan fingerprint density at radius 1 is 1.57 bits per heavy atom. The van der Waals surface area contributed by atoms with Crippen LogP contribution in [-0.4, -0.2) is 21.1 Å². The number of aryl methyl sites for hydroxylation is 1. The standard InChI is InChI=1S/C9H11N5/c1-2-13-5-11-7-8-10-3-4-14(8)6-12-9(7)13/h5-6H,2-4H2,1H3/p+1. The summed E-state index contributed by atoms with van der Waals surface area (Å²) in [6, 6.07) is 0. The lowest BCUT2D eigenvalue weighted by Gasteiger charge is -1.96. The minimum absolute atomic E-state index is 0.910. The first kappa shape index (κ1) is 7.73. The topological polar surface area (TPSA) is 46.6 Å². The number of fused-ring (bicyclic) bond motifs is 3. The van der Waals surface area contributed by atoms with Gasteiger partial charge in [-0.1, -0.05) is 4.98 Å². The van der Waals surface area contributed by atoms with Gasteiger partial charge in [0.1, 0.15) is 6.54 Å². The molecule has 3 heterocycles. The summed E-state index contributed by atoms with van der Waals surface area (Å²) in [5, 5.41) is 3.33. The molecule has 1 aliphatic rings. The molecule has 1 N–H and O–H groups in total. The lowest BCUT2D eigenvalue weighted by Crippen LogP contribution is -2.31. The van der Waals surface area contributed by atoms with Crippen molar-refractivity contribution in [2.75, 3.05) is 11.9 Å². The third kappa shape index (κ3) is 0.865. The van der Waals surface area contributed by atoms with E-state index in [1.807, 2.05) is 12.7 Å². The zero-order valence-electron chi connectivity index (χ0n) is 8.06. The number of nitrogens with one attached hydrogen (secondary N) is 1. The summed E-state index contributed by atoms with van der Waals surface area (Å²) in [6.45, 7) is 4.96. The largest absolute Gasteiger partial charge is 0.301 e. The molecule has 0 aromatic carbocycles. The highest BCUT2D eigenvalue weighted by Crippen LogP contribution is 2.17. The normalized spacial score (nSPS) is 14.4. The Morgan fingerprint density at radius 3 is 3.36 bits per heavy atom. The van der Waals surface area contributed by atoms with Gasteiger partial charge in [0.05, 0.1) is 12.9 Å². The summed E-state index contributed by atoms with van der Waals surface area (Å²) < 4.78 is 4.16. The van der Waals surface area contributed by atoms with Crippen molar-refractivity contribution in [1.29, 1.82) is 0 Å². The van der Waals surface area contributed by atoms with Crippen LogP contribution in [0.25, 0.3) is 11.2 Å². The number of hydrogen-bond acceptors (Lipinski definition) is 3. The van der Waals surface area contributed by atoms with Crippen LogP contribution in [0.4, 0.5) is 5.82 Å². The van der Waals surface area contributed by atoms with E-state index in [1.165, 1.54) is 0 Å². The van der Waals surface area contributed by atoms with Gasteiger partial charge in [0.2, 0.25) is 12.0 Å². The SMILES string of the molecule is CCn1cnc2c3[n+](cnc21)CCN3. The van der Waals surface area contributed by atoms with Crippen molar-refractivity contribution < 1.29 is 4.57 Å². The predicted molar refractivity (Wildman–Crippen MR) is 51.9 cm³/mol. The van der Waals surface area contributed by atoms with Gasteiger partial charge in [0.15, 0.2) is 5.52 Å². The third-order valence-corrected chi connectivity index (χ3v) is 2.63. The molecule has 5 nitrogen and oxygen atoms in total. The van der Waals surface area contributed by atoms with E-state index < -0.39 is 0 Å². The monoisotopic (exact) mass is 190 g/mol. The van der Waals surface area contributed by atoms with Crippen molar-refractivity contribution in [2.45, 2.75) is 20.0 Å². The van der Waals surface area contributed by atoms with Gasteiger partial charge in [-0.05, 0) is 6.92 Å². The lowest BCUT2D eigenvalue weighted by molar-refractivity contribution is -0.672. The van der Waals surface area contributed by atoms with Crippen molar-refractivity contribution in [3.8, 4) is 0 Å². The Kier molecular flexibility index (Phi) is 1.47. The number of anilines is 1. The van der Waals surface area contributed by atoms with E-state index in [1.54, 1.807) is 0 Å². The van der Waals surface area contributed by atoms with Crippen molar-refractivity contribution >= 4 is 17.0 Å². The van der Waals surface area contributed by atoms with Crippen LogP contribution in [-0.2, 0) is 13.1 Å². The Balaban J connectivity index is 2.34. The van der Waals surface area contributed by atoms with Gasteiger partial charge in [0, 0.05) is 6.54 Å². The highest BCUT2D eigenvalue weighted by Gasteiger charge is 2.22. The predicted octanol–water partition coefficient (Wildman–Crippen LogP) is 0.164. The van der Waals surface area contributed by atoms with Gasteiger partial charge in [-0.3, -0.25) is 0 Å². The quantitative estimate of drug-likeness (QED) is 0.652. The zero-order chi connectivity index (χ0) is 9.54. The molecule has 0 amide bonds. The van der Waals surface area contributed by atoms with Crippen molar-refractivity contribution in [3.63, 3.8) is 0 Å². The third-order valence-electron chi connectivity index (χ3n) is 2.63. The number of hydrogen-bond donors (Lipinski definition) is 1. The molecule has 72 valence electrons. The number of imidazole rings is 1. The smallest absolute Gasteiger partial charge is 0.253 e. The van der Waals surface area contributed by atoms with E-state index in [9.17, 15) is 0 Å². The summed E-state index contributed by atoms with van der Waals surface area (Å²) >= 11 is 0. The second-order valence-corrected chi connectivity index (χ2v) is 3.42. The van der Waals surface area contributed by atoms with E-state index in [-0.39, 0.29) is 0 Å². The zero-order valence-corrected chi connectivity index (χ0v) is 8.06. The molecule has 0 radical (unpaired) electrons. The lowest BCUT2D eigenvalue weighted by atomic mass is 10.5. The van der Waals surface area contributed by atoms with Gasteiger partial charge in [-0.2, -0.15) is 0 Å². The van der Waals surface area contributed by atoms with Crippen LogP contribution in [0.2, 0.25) is 0 Å². The van der Waals surface area contributed by atoms with Gasteiger partial charge in [-0.25, -0.2) is 9.55 Å². The summed E-state index contributed by atoms with van der Waals surface area (Å²) in [6.07, 6.45) is 3.73. The van der Waals surface area contributed by atoms with Crippen molar-refractivity contribution in [2.24, 2.45) is 0 Å². The summed E-state index contributed by atoms with van der Waals surface area (Å²) in [7, 11) is 0. The van der Waals surface area contributed by atoms with Crippen molar-refractivity contribution in [1.82, 2.24) is 14.5 Å². The van der Waals surface area contributed by atoms with Crippen LogP contribution in [0.1, 0.15) is 6.92 Å². The average Bonchev–Trinajstić information content (AvgIpc) is 2.82. The molecule has 0 unspecified atom stereocenters. The van der Waals surface area contributed by atoms with Crippen LogP contribution in [0.5, 0.6) is 0 Å². The maximum absolute atomic E-state index is 4.41. The van der Waals surface area contributed by atoms with Crippen LogP contribution in [0.3, 0.4) is 0 Å². The number of aromatic nitrogens is 4. The molecular weight excluding hydrogens is 178 g/mol. The van der Waals surface area contributed by atoms with E-state index in [0.717, 1.165) is 36.6 Å². The van der Waals surface area contributed by atoms with Gasteiger partial charge in [-0.15, -0.1) is 0 Å². The second kappa shape index (κ2) is 2.67. The molecule has 2 aromatic heterocycles. The summed E-state index contributed by atoms with van der Waals surface area (Å²) in [5.41, 5.74) is 1.94. The first-order valence-electron chi connectivity index (χ1n) is 4.87. The fourth-order valence-corrected chi connectivity index (χ4v) is 1.88. The van der Waals surface area contributed by atoms with Crippen LogP contribution < -0.4 is 9.88 Å². The molecule has 0 saturated heterocycles. The molecule has 2 aromatic rings. The molecule has 0 aliphatic carbocycles. The molecule has 5 heteroatoms. The molecule has 1 aliphatic heterocycles. The highest BCUT2D eigenvalue weighted by atomic mass is 15.2. The molecule has 0 saturated carbocycles. The van der Waals surface area contributed by atoms with Gasteiger partial charge >= 0.3 is 0 Å². The maximum atomic E-state index is 4.41. The highest BCUT2D eigenvalue weighted by molar-refractivity contribution is 5.81. The molecule has 0 fully saturated rings. The average molecular weight is 190 g/mol. The van der Waals surface area contributed by atoms with E-state index >= 15 is 0 Å². The number of nitrogens with zero attached hydrogens (tertiary/aromatic N) is 4. The fraction of sp³-hybridized carbons (Fsp3) is 0.444. The van der Waals surface area contributed by atoms with Crippen LogP contribution in [0.15, 0.2) is 12.7 Å². The maximum Gasteiger partial charge on any atom is 0.253 e. The van der Waals surface area contributed by atoms with E-state index in [2.05, 4.69) is 31.3 Å². The van der Waals surface area contributed by atoms with E-state index in [0.29, 0.717) is 0 Å². The molecule has 14 heavy (non-hydrogen) atoms. The first-order chi connectivity index (χ1) is 6.90. The minimum atomic E-state index is 0.910. The minimum Gasteiger partial charge on any atom is -0.301 e. The van der Waals surface area contributed by atoms with Crippen LogP contribution in [0, 0.1) is 0 Å². The fourth-order valence-electron chi connectivity index (χ4n) is 1.88. The summed E-state index contributed by atoms with van der Waals surface area (Å²) in [5.74, 6) is 1.10. The molecule has 0 bridgehead atoms. The molecule has 0 atom stereocenters. The molecular formula is C9H12N5+. The van der Waals surface area contributed by atoms with Gasteiger partial charge < -0.3 is 9.88 Å². The molecule has 3 rings (SSSR count). The molecule has 0 spiro atoms. The van der Waals surface area contributed by atoms with E-state index in [4.69, 9.17) is 0 Å². The summed E-state index contributed by atoms with van der Waals surface area (Å²) in [4.78, 5) is 8.79. The Hall–Kier alpha value is -1.65. The number of rotatable bonds is 1. The second-order valence-electron chi connectivity index (χ2n) is 3.42. The van der Waals surface area contributed by atoms with Crippen molar-refractivity contribution in [3.05, 3.63) is 12.7 Å². The Labute approximate surface area is 81.4 Å². The Morgan fingerprint density at radius 2 is 2.50 bits per heavy atom. The first-order valence-corrected chi connectivity index (χ1v) is 4.87. The van der Waals surface area contributed by atoms with Crippen LogP contribution >= 0.6 is 0 Å². The van der Waals surface area contributed by atoms with Gasteiger partial charge in [0.25, 0.3) is 5.82 Å².